The topological polar surface area (TPSA) is 38.3 Å². The molecule has 1 N–H and O–H groups in total. The van der Waals surface area contributed by atoms with Crippen LogP contribution in [0.4, 0.5) is 5.69 Å². The van der Waals surface area contributed by atoms with Gasteiger partial charge in [0.2, 0.25) is 0 Å². The zero-order valence-electron chi connectivity index (χ0n) is 10.2. The molecule has 1 aliphatic rings. The maximum atomic E-state index is 11.8. The summed E-state index contributed by atoms with van der Waals surface area (Å²) >= 11 is 0. The molecule has 0 aromatic heterocycles. The lowest BCUT2D eigenvalue weighted by Gasteiger charge is -2.25. The van der Waals surface area contributed by atoms with Crippen molar-refractivity contribution >= 4 is 11.6 Å². The molecule has 1 heterocycles. The maximum Gasteiger partial charge on any atom is 0.265 e. The van der Waals surface area contributed by atoms with Crippen molar-refractivity contribution in [3.63, 3.8) is 0 Å². The van der Waals surface area contributed by atoms with Crippen molar-refractivity contribution in [1.82, 2.24) is 0 Å². The lowest BCUT2D eigenvalue weighted by Crippen LogP contribution is -2.36. The van der Waals surface area contributed by atoms with E-state index in [1.165, 1.54) is 19.3 Å². The van der Waals surface area contributed by atoms with E-state index >= 15 is 0 Å². The van der Waals surface area contributed by atoms with Gasteiger partial charge in [0.1, 0.15) is 5.75 Å². The van der Waals surface area contributed by atoms with Gasteiger partial charge in [-0.1, -0.05) is 38.3 Å². The van der Waals surface area contributed by atoms with Crippen LogP contribution < -0.4 is 10.1 Å². The average Bonchev–Trinajstić information content (AvgIpc) is 2.35. The number of benzene rings is 1. The number of para-hydroxylation sites is 2. The molecule has 1 atom stereocenters. The summed E-state index contributed by atoms with van der Waals surface area (Å²) in [7, 11) is 0. The molecule has 92 valence electrons. The first kappa shape index (κ1) is 12.0. The third-order valence-corrected chi connectivity index (χ3v) is 3.03. The first-order valence-corrected chi connectivity index (χ1v) is 6.38. The molecule has 0 spiro atoms. The van der Waals surface area contributed by atoms with Gasteiger partial charge < -0.3 is 10.1 Å². The Hall–Kier alpha value is -1.51. The lowest BCUT2D eigenvalue weighted by molar-refractivity contribution is -0.123. The molecule has 1 aliphatic heterocycles. The second-order valence-electron chi connectivity index (χ2n) is 4.44. The number of unbranched alkanes of at least 4 members (excludes halogenated alkanes) is 3. The van der Waals surface area contributed by atoms with Crippen LogP contribution in [0, 0.1) is 0 Å². The molecule has 0 radical (unpaired) electrons. The van der Waals surface area contributed by atoms with Crippen LogP contribution >= 0.6 is 0 Å². The smallest absolute Gasteiger partial charge is 0.265 e. The van der Waals surface area contributed by atoms with Crippen LogP contribution in [0.15, 0.2) is 24.3 Å². The van der Waals surface area contributed by atoms with E-state index in [1.54, 1.807) is 0 Å². The van der Waals surface area contributed by atoms with Gasteiger partial charge in [0.15, 0.2) is 6.10 Å². The van der Waals surface area contributed by atoms with Gasteiger partial charge in [0, 0.05) is 0 Å². The zero-order chi connectivity index (χ0) is 12.1. The standard InChI is InChI=1S/C14H19NO2/c1-2-3-4-5-10-13-14(16)15-11-8-6-7-9-12(11)17-13/h6-9,13H,2-5,10H2,1H3,(H,15,16)/t13-/m0/s1. The second-order valence-corrected chi connectivity index (χ2v) is 4.44. The number of carbonyl (C=O) groups excluding carboxylic acids is 1. The Bertz CT molecular complexity index is 390. The van der Waals surface area contributed by atoms with Crippen LogP contribution in [0.3, 0.4) is 0 Å². The number of fused-ring (bicyclic) bond motifs is 1. The molecule has 3 heteroatoms. The molecule has 17 heavy (non-hydrogen) atoms. The molecule has 0 aliphatic carbocycles. The SMILES string of the molecule is CCCCCC[C@@H]1Oc2ccccc2NC1=O. The van der Waals surface area contributed by atoms with Crippen molar-refractivity contribution in [2.45, 2.75) is 45.1 Å². The molecule has 0 fully saturated rings. The summed E-state index contributed by atoms with van der Waals surface area (Å²) in [5.74, 6) is 0.771. The van der Waals surface area contributed by atoms with E-state index in [0.717, 1.165) is 24.3 Å². The van der Waals surface area contributed by atoms with Crippen LogP contribution in [0.2, 0.25) is 0 Å². The fourth-order valence-electron chi connectivity index (χ4n) is 2.04. The summed E-state index contributed by atoms with van der Waals surface area (Å²) in [6, 6.07) is 7.57. The normalized spacial score (nSPS) is 18.2. The van der Waals surface area contributed by atoms with Crippen LogP contribution in [-0.2, 0) is 4.79 Å². The summed E-state index contributed by atoms with van der Waals surface area (Å²) in [4.78, 5) is 11.8. The summed E-state index contributed by atoms with van der Waals surface area (Å²) in [6.45, 7) is 2.18. The van der Waals surface area contributed by atoms with Crippen molar-refractivity contribution in [2.24, 2.45) is 0 Å². The number of rotatable bonds is 5. The van der Waals surface area contributed by atoms with E-state index in [4.69, 9.17) is 4.74 Å². The van der Waals surface area contributed by atoms with Crippen molar-refractivity contribution in [3.05, 3.63) is 24.3 Å². The van der Waals surface area contributed by atoms with Gasteiger partial charge in [-0.3, -0.25) is 4.79 Å². The molecule has 0 unspecified atom stereocenters. The highest BCUT2D eigenvalue weighted by Gasteiger charge is 2.26. The third kappa shape index (κ3) is 2.99. The number of amides is 1. The van der Waals surface area contributed by atoms with Gasteiger partial charge >= 0.3 is 0 Å². The average molecular weight is 233 g/mol. The molecule has 1 aromatic carbocycles. The summed E-state index contributed by atoms with van der Waals surface area (Å²) < 4.78 is 5.71. The fourth-order valence-corrected chi connectivity index (χ4v) is 2.04. The predicted octanol–water partition coefficient (Wildman–Crippen LogP) is 3.36. The van der Waals surface area contributed by atoms with E-state index < -0.39 is 0 Å². The minimum Gasteiger partial charge on any atom is -0.478 e. The monoisotopic (exact) mass is 233 g/mol. The Balaban J connectivity index is 1.91. The number of nitrogens with one attached hydrogen (secondary N) is 1. The fraction of sp³-hybridized carbons (Fsp3) is 0.500. The molecular formula is C14H19NO2. The van der Waals surface area contributed by atoms with E-state index in [9.17, 15) is 4.79 Å². The van der Waals surface area contributed by atoms with Crippen LogP contribution in [0.5, 0.6) is 5.75 Å². The van der Waals surface area contributed by atoms with Gasteiger partial charge in [-0.15, -0.1) is 0 Å². The van der Waals surface area contributed by atoms with Crippen molar-refractivity contribution < 1.29 is 9.53 Å². The second kappa shape index (κ2) is 5.71. The van der Waals surface area contributed by atoms with Gasteiger partial charge in [-0.25, -0.2) is 0 Å². The van der Waals surface area contributed by atoms with Crippen molar-refractivity contribution in [3.8, 4) is 5.75 Å². The van der Waals surface area contributed by atoms with E-state index in [1.807, 2.05) is 24.3 Å². The highest BCUT2D eigenvalue weighted by Crippen LogP contribution is 2.30. The Labute approximate surface area is 102 Å². The van der Waals surface area contributed by atoms with Gasteiger partial charge in [0.25, 0.3) is 5.91 Å². The van der Waals surface area contributed by atoms with Crippen molar-refractivity contribution in [2.75, 3.05) is 5.32 Å². The number of hydrogen-bond acceptors (Lipinski definition) is 2. The molecule has 2 rings (SSSR count). The zero-order valence-corrected chi connectivity index (χ0v) is 10.2. The molecule has 1 amide bonds. The van der Waals surface area contributed by atoms with Crippen LogP contribution in [0.1, 0.15) is 39.0 Å². The lowest BCUT2D eigenvalue weighted by atomic mass is 10.1. The Kier molecular flexibility index (Phi) is 4.02. The number of carbonyl (C=O) groups is 1. The van der Waals surface area contributed by atoms with E-state index in [-0.39, 0.29) is 12.0 Å². The minimum atomic E-state index is -0.318. The molecule has 1 aromatic rings. The first-order valence-electron chi connectivity index (χ1n) is 6.38. The summed E-state index contributed by atoms with van der Waals surface area (Å²) in [5.41, 5.74) is 0.780. The molecule has 0 saturated heterocycles. The quantitative estimate of drug-likeness (QED) is 0.792. The molecule has 0 saturated carbocycles. The number of anilines is 1. The minimum absolute atomic E-state index is 0.0137. The Morgan fingerprint density at radius 1 is 1.24 bits per heavy atom. The largest absolute Gasteiger partial charge is 0.478 e. The van der Waals surface area contributed by atoms with Gasteiger partial charge in [-0.2, -0.15) is 0 Å². The Morgan fingerprint density at radius 3 is 2.88 bits per heavy atom. The van der Waals surface area contributed by atoms with Crippen LogP contribution in [-0.4, -0.2) is 12.0 Å². The molecule has 0 bridgehead atoms. The number of hydrogen-bond donors (Lipinski definition) is 1. The first-order chi connectivity index (χ1) is 8.31. The molecule has 3 nitrogen and oxygen atoms in total. The van der Waals surface area contributed by atoms with E-state index in [2.05, 4.69) is 12.2 Å². The molecular weight excluding hydrogens is 214 g/mol. The Morgan fingerprint density at radius 2 is 2.06 bits per heavy atom. The van der Waals surface area contributed by atoms with Gasteiger partial charge in [0.05, 0.1) is 5.69 Å². The predicted molar refractivity (Wildman–Crippen MR) is 68.2 cm³/mol. The third-order valence-electron chi connectivity index (χ3n) is 3.03. The van der Waals surface area contributed by atoms with Gasteiger partial charge in [-0.05, 0) is 25.0 Å². The maximum absolute atomic E-state index is 11.8. The van der Waals surface area contributed by atoms with E-state index in [0.29, 0.717) is 0 Å². The number of ether oxygens (including phenoxy) is 1. The highest BCUT2D eigenvalue weighted by atomic mass is 16.5. The van der Waals surface area contributed by atoms with Crippen LogP contribution in [0.25, 0.3) is 0 Å². The highest BCUT2D eigenvalue weighted by molar-refractivity contribution is 5.97. The summed E-state index contributed by atoms with van der Waals surface area (Å²) in [6.07, 6.45) is 5.15. The van der Waals surface area contributed by atoms with Crippen molar-refractivity contribution in [1.29, 1.82) is 0 Å². The summed E-state index contributed by atoms with van der Waals surface area (Å²) in [5, 5.41) is 2.89.